The van der Waals surface area contributed by atoms with Crippen LogP contribution in [0, 0.1) is 0 Å². The molecule has 0 unspecified atom stereocenters. The summed E-state index contributed by atoms with van der Waals surface area (Å²) in [6.07, 6.45) is 0.825. The average Bonchev–Trinajstić information content (AvgIpc) is 3.09. The largest absolute Gasteiger partial charge is 0.454 e. The van der Waals surface area contributed by atoms with E-state index in [0.717, 1.165) is 29.2 Å². The van der Waals surface area contributed by atoms with Crippen molar-refractivity contribution in [3.05, 3.63) is 89.0 Å². The molecular formula is C23H16F2O4. The molecule has 29 heavy (non-hydrogen) atoms. The van der Waals surface area contributed by atoms with E-state index in [-0.39, 0.29) is 17.1 Å². The van der Waals surface area contributed by atoms with Crippen LogP contribution in [-0.2, 0) is 11.2 Å². The van der Waals surface area contributed by atoms with Gasteiger partial charge in [-0.1, -0.05) is 42.5 Å². The minimum absolute atomic E-state index is 0.0267. The summed E-state index contributed by atoms with van der Waals surface area (Å²) in [4.78, 5) is 24.7. The van der Waals surface area contributed by atoms with E-state index in [1.165, 1.54) is 23.8 Å². The second-order valence-electron chi connectivity index (χ2n) is 6.61. The van der Waals surface area contributed by atoms with Crippen molar-refractivity contribution in [2.75, 3.05) is 6.61 Å². The number of hydrogen-bond acceptors (Lipinski definition) is 4. The molecule has 0 aromatic heterocycles. The Morgan fingerprint density at radius 1 is 0.862 bits per heavy atom. The lowest BCUT2D eigenvalue weighted by Gasteiger charge is -2.08. The Bertz CT molecular complexity index is 1090. The standard InChI is InChI=1S/C23H16F2O4/c24-23(25)29-18-6-3-5-17(11-18)22(27)28-13-21(26)16-9-8-15-10-14-4-1-2-7-19(14)20(15)12-16/h1-9,11-12,23H,10,13H2. The number of ether oxygens (including phenoxy) is 2. The van der Waals surface area contributed by atoms with Gasteiger partial charge in [-0.3, -0.25) is 4.79 Å². The van der Waals surface area contributed by atoms with E-state index < -0.39 is 19.2 Å². The quantitative estimate of drug-likeness (QED) is 0.345. The van der Waals surface area contributed by atoms with Crippen molar-refractivity contribution >= 4 is 11.8 Å². The molecule has 0 atom stereocenters. The number of benzene rings is 3. The number of fused-ring (bicyclic) bond motifs is 3. The number of hydrogen-bond donors (Lipinski definition) is 0. The predicted octanol–water partition coefficient (Wildman–Crippen LogP) is 4.90. The molecule has 1 aliphatic carbocycles. The lowest BCUT2D eigenvalue weighted by atomic mass is 10.0. The van der Waals surface area contributed by atoms with E-state index in [4.69, 9.17) is 4.74 Å². The summed E-state index contributed by atoms with van der Waals surface area (Å²) in [5, 5.41) is 0. The van der Waals surface area contributed by atoms with Crippen LogP contribution in [0.15, 0.2) is 66.7 Å². The van der Waals surface area contributed by atoms with Crippen molar-refractivity contribution < 1.29 is 27.8 Å². The Kier molecular flexibility index (Phi) is 5.08. The van der Waals surface area contributed by atoms with Gasteiger partial charge < -0.3 is 9.47 Å². The molecule has 0 heterocycles. The van der Waals surface area contributed by atoms with Crippen molar-refractivity contribution in [3.63, 3.8) is 0 Å². The molecule has 146 valence electrons. The maximum atomic E-state index is 12.5. The lowest BCUT2D eigenvalue weighted by molar-refractivity contribution is -0.0499. The minimum atomic E-state index is -2.99. The summed E-state index contributed by atoms with van der Waals surface area (Å²) >= 11 is 0. The fourth-order valence-electron chi connectivity index (χ4n) is 3.39. The Morgan fingerprint density at radius 2 is 1.66 bits per heavy atom. The Balaban J connectivity index is 1.44. The molecule has 1 aliphatic rings. The van der Waals surface area contributed by atoms with E-state index in [0.29, 0.717) is 5.56 Å². The van der Waals surface area contributed by atoms with Crippen LogP contribution in [0.2, 0.25) is 0 Å². The highest BCUT2D eigenvalue weighted by molar-refractivity contribution is 6.00. The second-order valence-corrected chi connectivity index (χ2v) is 6.61. The molecule has 4 nitrogen and oxygen atoms in total. The molecule has 3 aromatic rings. The summed E-state index contributed by atoms with van der Waals surface area (Å²) < 4.78 is 33.9. The number of alkyl halides is 2. The number of halogens is 2. The van der Waals surface area contributed by atoms with Crippen LogP contribution in [-0.4, -0.2) is 25.0 Å². The van der Waals surface area contributed by atoms with Crippen molar-refractivity contribution in [2.45, 2.75) is 13.0 Å². The van der Waals surface area contributed by atoms with Crippen LogP contribution in [0.4, 0.5) is 8.78 Å². The number of carbonyl (C=O) groups excluding carboxylic acids is 2. The van der Waals surface area contributed by atoms with E-state index >= 15 is 0 Å². The number of esters is 1. The Hall–Kier alpha value is -3.54. The molecule has 0 radical (unpaired) electrons. The first-order valence-electron chi connectivity index (χ1n) is 8.97. The Morgan fingerprint density at radius 3 is 2.48 bits per heavy atom. The van der Waals surface area contributed by atoms with Crippen LogP contribution in [0.3, 0.4) is 0 Å². The highest BCUT2D eigenvalue weighted by Crippen LogP contribution is 2.36. The molecule has 0 saturated carbocycles. The molecule has 0 spiro atoms. The van der Waals surface area contributed by atoms with Gasteiger partial charge in [0.15, 0.2) is 12.4 Å². The third-order valence-electron chi connectivity index (χ3n) is 4.75. The summed E-state index contributed by atoms with van der Waals surface area (Å²) in [6, 6.07) is 18.7. The summed E-state index contributed by atoms with van der Waals surface area (Å²) in [5.74, 6) is -1.28. The molecule has 6 heteroatoms. The van der Waals surface area contributed by atoms with Gasteiger partial charge in [-0.05, 0) is 52.9 Å². The molecule has 0 saturated heterocycles. The van der Waals surface area contributed by atoms with Gasteiger partial charge in [0.1, 0.15) is 5.75 Å². The molecule has 4 rings (SSSR count). The number of carbonyl (C=O) groups is 2. The zero-order valence-electron chi connectivity index (χ0n) is 15.2. The van der Waals surface area contributed by atoms with Gasteiger partial charge in [0, 0.05) is 5.56 Å². The highest BCUT2D eigenvalue weighted by Gasteiger charge is 2.20. The summed E-state index contributed by atoms with van der Waals surface area (Å²) in [6.45, 7) is -3.44. The topological polar surface area (TPSA) is 52.6 Å². The molecule has 3 aromatic carbocycles. The van der Waals surface area contributed by atoms with Gasteiger partial charge in [-0.25, -0.2) is 4.79 Å². The van der Waals surface area contributed by atoms with Gasteiger partial charge >= 0.3 is 12.6 Å². The molecule has 0 fully saturated rings. The SMILES string of the molecule is O=C(COC(=O)c1cccc(OC(F)F)c1)c1ccc2c(c1)-c1ccccc1C2. The maximum absolute atomic E-state index is 12.5. The highest BCUT2D eigenvalue weighted by atomic mass is 19.3. The van der Waals surface area contributed by atoms with Crippen molar-refractivity contribution in [3.8, 4) is 16.9 Å². The van der Waals surface area contributed by atoms with Crippen LogP contribution in [0.25, 0.3) is 11.1 Å². The van der Waals surface area contributed by atoms with Gasteiger partial charge in [-0.2, -0.15) is 8.78 Å². The molecular weight excluding hydrogens is 378 g/mol. The third-order valence-corrected chi connectivity index (χ3v) is 4.75. The zero-order valence-corrected chi connectivity index (χ0v) is 15.2. The van der Waals surface area contributed by atoms with Crippen molar-refractivity contribution in [1.82, 2.24) is 0 Å². The van der Waals surface area contributed by atoms with E-state index in [2.05, 4.69) is 10.8 Å². The molecule has 0 amide bonds. The lowest BCUT2D eigenvalue weighted by Crippen LogP contribution is -2.14. The minimum Gasteiger partial charge on any atom is -0.454 e. The number of Topliss-reactive ketones (excluding diaryl/α,β-unsaturated/α-hetero) is 1. The first kappa shape index (κ1) is 18.8. The molecule has 0 N–H and O–H groups in total. The van der Waals surface area contributed by atoms with E-state index in [9.17, 15) is 18.4 Å². The summed E-state index contributed by atoms with van der Waals surface area (Å²) in [7, 11) is 0. The normalized spacial score (nSPS) is 11.7. The van der Waals surface area contributed by atoms with Crippen LogP contribution < -0.4 is 4.74 Å². The van der Waals surface area contributed by atoms with Crippen molar-refractivity contribution in [2.24, 2.45) is 0 Å². The zero-order chi connectivity index (χ0) is 20.4. The average molecular weight is 394 g/mol. The maximum Gasteiger partial charge on any atom is 0.387 e. The number of rotatable bonds is 6. The Labute approximate surface area is 165 Å². The van der Waals surface area contributed by atoms with Crippen LogP contribution in [0.5, 0.6) is 5.75 Å². The van der Waals surface area contributed by atoms with Crippen LogP contribution in [0.1, 0.15) is 31.8 Å². The van der Waals surface area contributed by atoms with Crippen LogP contribution >= 0.6 is 0 Å². The predicted molar refractivity (Wildman–Crippen MR) is 102 cm³/mol. The smallest absolute Gasteiger partial charge is 0.387 e. The second kappa shape index (κ2) is 7.83. The van der Waals surface area contributed by atoms with E-state index in [1.807, 2.05) is 30.3 Å². The van der Waals surface area contributed by atoms with Gasteiger partial charge in [0.05, 0.1) is 5.56 Å². The monoisotopic (exact) mass is 394 g/mol. The molecule has 0 aliphatic heterocycles. The molecule has 0 bridgehead atoms. The van der Waals surface area contributed by atoms with E-state index in [1.54, 1.807) is 6.07 Å². The van der Waals surface area contributed by atoms with Gasteiger partial charge in [0.25, 0.3) is 0 Å². The fraction of sp³-hybridized carbons (Fsp3) is 0.130. The van der Waals surface area contributed by atoms with Gasteiger partial charge in [0.2, 0.25) is 0 Å². The third kappa shape index (κ3) is 4.01. The fourth-order valence-corrected chi connectivity index (χ4v) is 3.39. The number of ketones is 1. The summed E-state index contributed by atoms with van der Waals surface area (Å²) in [5.41, 5.74) is 4.95. The van der Waals surface area contributed by atoms with Crippen molar-refractivity contribution in [1.29, 1.82) is 0 Å². The van der Waals surface area contributed by atoms with Gasteiger partial charge in [-0.15, -0.1) is 0 Å². The first-order chi connectivity index (χ1) is 14.0. The first-order valence-corrected chi connectivity index (χ1v) is 8.97.